The summed E-state index contributed by atoms with van der Waals surface area (Å²) < 4.78 is 0. The number of hydrogen-bond acceptors (Lipinski definition) is 2. The number of rotatable bonds is 0. The lowest BCUT2D eigenvalue weighted by molar-refractivity contribution is 0.207. The summed E-state index contributed by atoms with van der Waals surface area (Å²) in [5.74, 6) is 0. The molecule has 0 bridgehead atoms. The van der Waals surface area contributed by atoms with Gasteiger partial charge >= 0.3 is 6.03 Å². The summed E-state index contributed by atoms with van der Waals surface area (Å²) in [4.78, 5) is 12.7. The highest BCUT2D eigenvalue weighted by Crippen LogP contribution is 2.19. The van der Waals surface area contributed by atoms with Crippen molar-refractivity contribution in [1.82, 2.24) is 10.2 Å². The molecule has 0 aromatic rings. The maximum Gasteiger partial charge on any atom is 0.319 e. The van der Waals surface area contributed by atoms with Gasteiger partial charge in [-0.15, -0.1) is 0 Å². The number of carbonyl (C=O) groups excluding carboxylic acids is 1. The maximum absolute atomic E-state index is 11.1. The molecule has 4 nitrogen and oxygen atoms in total. The number of nitrogens with two attached hydrogens (primary N) is 1. The fourth-order valence-electron chi connectivity index (χ4n) is 1.80. The second kappa shape index (κ2) is 3.22. The first-order valence-corrected chi connectivity index (χ1v) is 4.46. The Balaban J connectivity index is 2.24. The van der Waals surface area contributed by atoms with Gasteiger partial charge in [0.05, 0.1) is 6.04 Å². The Morgan fingerprint density at radius 1 is 1.69 bits per heavy atom. The molecule has 1 heterocycles. The normalized spacial score (nSPS) is 26.6. The molecule has 0 spiro atoms. The Morgan fingerprint density at radius 3 is 3.31 bits per heavy atom. The monoisotopic (exact) mass is 179 g/mol. The van der Waals surface area contributed by atoms with E-state index < -0.39 is 0 Å². The zero-order valence-corrected chi connectivity index (χ0v) is 7.36. The molecular weight excluding hydrogens is 166 g/mol. The van der Waals surface area contributed by atoms with Gasteiger partial charge in [-0.2, -0.15) is 0 Å². The van der Waals surface area contributed by atoms with E-state index in [0.29, 0.717) is 6.54 Å². The van der Waals surface area contributed by atoms with Gasteiger partial charge in [0, 0.05) is 18.8 Å². The average molecular weight is 179 g/mol. The molecule has 0 radical (unpaired) electrons. The summed E-state index contributed by atoms with van der Waals surface area (Å²) in [5, 5.41) is 3.34. The van der Waals surface area contributed by atoms with Crippen LogP contribution in [0.25, 0.3) is 0 Å². The quantitative estimate of drug-likeness (QED) is 0.557. The molecule has 2 aliphatic rings. The third-order valence-electron chi connectivity index (χ3n) is 2.44. The van der Waals surface area contributed by atoms with Crippen LogP contribution in [-0.4, -0.2) is 30.1 Å². The van der Waals surface area contributed by atoms with E-state index in [1.165, 1.54) is 0 Å². The molecule has 3 N–H and O–H groups in total. The predicted molar refractivity (Wildman–Crippen MR) is 49.9 cm³/mol. The van der Waals surface area contributed by atoms with Gasteiger partial charge in [-0.3, -0.25) is 4.90 Å². The molecule has 0 saturated carbocycles. The highest BCUT2D eigenvalue weighted by molar-refractivity contribution is 5.74. The first-order valence-electron chi connectivity index (χ1n) is 4.46. The van der Waals surface area contributed by atoms with E-state index in [0.717, 1.165) is 18.7 Å². The summed E-state index contributed by atoms with van der Waals surface area (Å²) in [5.41, 5.74) is 6.27. The van der Waals surface area contributed by atoms with Crippen LogP contribution in [0.1, 0.15) is 6.42 Å². The van der Waals surface area contributed by atoms with Crippen molar-refractivity contribution in [2.75, 3.05) is 13.1 Å². The van der Waals surface area contributed by atoms with Crippen molar-refractivity contribution < 1.29 is 4.79 Å². The number of amides is 2. The Morgan fingerprint density at radius 2 is 2.54 bits per heavy atom. The van der Waals surface area contributed by atoms with E-state index in [2.05, 4.69) is 11.4 Å². The molecule has 2 rings (SSSR count). The zero-order valence-electron chi connectivity index (χ0n) is 7.36. The summed E-state index contributed by atoms with van der Waals surface area (Å²) >= 11 is 0. The average Bonchev–Trinajstić information content (AvgIpc) is 2.17. The molecule has 0 aromatic carbocycles. The standard InChI is InChI=1S/C9H13N3O/c10-9(13)12-6-5-11-7-3-1-2-4-8(7)12/h1-2,4,7,11H,3,5-6H2,(H2,10,13). The maximum atomic E-state index is 11.1. The molecule has 1 fully saturated rings. The lowest BCUT2D eigenvalue weighted by atomic mass is 10.0. The van der Waals surface area contributed by atoms with Crippen molar-refractivity contribution in [3.63, 3.8) is 0 Å². The zero-order chi connectivity index (χ0) is 9.26. The van der Waals surface area contributed by atoms with Crippen LogP contribution in [0, 0.1) is 0 Å². The number of piperazine rings is 1. The van der Waals surface area contributed by atoms with Gasteiger partial charge in [0.15, 0.2) is 0 Å². The number of nitrogens with one attached hydrogen (secondary N) is 1. The minimum absolute atomic E-state index is 0.270. The number of carbonyl (C=O) groups is 1. The lowest BCUT2D eigenvalue weighted by Crippen LogP contribution is -2.52. The van der Waals surface area contributed by atoms with Crippen LogP contribution in [0.2, 0.25) is 0 Å². The van der Waals surface area contributed by atoms with E-state index in [-0.39, 0.29) is 12.1 Å². The van der Waals surface area contributed by atoms with Crippen molar-refractivity contribution >= 4 is 6.03 Å². The molecule has 13 heavy (non-hydrogen) atoms. The smallest absolute Gasteiger partial charge is 0.319 e. The van der Waals surface area contributed by atoms with E-state index in [1.54, 1.807) is 4.90 Å². The van der Waals surface area contributed by atoms with Gasteiger partial charge in [0.2, 0.25) is 0 Å². The number of allylic oxidation sites excluding steroid dienone is 2. The number of fused-ring (bicyclic) bond motifs is 1. The fourth-order valence-corrected chi connectivity index (χ4v) is 1.80. The Kier molecular flexibility index (Phi) is 2.06. The number of hydrogen-bond donors (Lipinski definition) is 2. The second-order valence-electron chi connectivity index (χ2n) is 3.25. The molecule has 2 amide bonds. The molecule has 1 saturated heterocycles. The summed E-state index contributed by atoms with van der Waals surface area (Å²) in [7, 11) is 0. The Labute approximate surface area is 77.1 Å². The first kappa shape index (κ1) is 8.31. The van der Waals surface area contributed by atoms with Crippen LogP contribution in [0.3, 0.4) is 0 Å². The summed E-state index contributed by atoms with van der Waals surface area (Å²) in [6.45, 7) is 1.49. The third-order valence-corrected chi connectivity index (χ3v) is 2.44. The van der Waals surface area contributed by atoms with E-state index in [4.69, 9.17) is 5.73 Å². The SMILES string of the molecule is NC(=O)N1CCNC2CC=CC=C21. The largest absolute Gasteiger partial charge is 0.351 e. The summed E-state index contributed by atoms with van der Waals surface area (Å²) in [6, 6.07) is -0.0840. The van der Waals surface area contributed by atoms with Crippen molar-refractivity contribution in [1.29, 1.82) is 0 Å². The van der Waals surface area contributed by atoms with Gasteiger partial charge in [0.25, 0.3) is 0 Å². The van der Waals surface area contributed by atoms with Crippen molar-refractivity contribution in [2.24, 2.45) is 5.73 Å². The molecule has 0 aromatic heterocycles. The predicted octanol–water partition coefficient (Wildman–Crippen LogP) is 0.183. The van der Waals surface area contributed by atoms with Crippen LogP contribution in [0.4, 0.5) is 4.79 Å². The van der Waals surface area contributed by atoms with Crippen molar-refractivity contribution in [2.45, 2.75) is 12.5 Å². The van der Waals surface area contributed by atoms with Crippen LogP contribution >= 0.6 is 0 Å². The molecule has 1 unspecified atom stereocenters. The molecular formula is C9H13N3O. The molecule has 1 atom stereocenters. The van der Waals surface area contributed by atoms with Gasteiger partial charge < -0.3 is 11.1 Å². The van der Waals surface area contributed by atoms with Gasteiger partial charge in [-0.05, 0) is 12.5 Å². The number of urea groups is 1. The Bertz CT molecular complexity index is 283. The molecule has 4 heteroatoms. The minimum atomic E-state index is -0.354. The van der Waals surface area contributed by atoms with Crippen molar-refractivity contribution in [3.8, 4) is 0 Å². The van der Waals surface area contributed by atoms with Crippen LogP contribution in [-0.2, 0) is 0 Å². The molecule has 1 aliphatic heterocycles. The first-order chi connectivity index (χ1) is 6.29. The van der Waals surface area contributed by atoms with Gasteiger partial charge in [0.1, 0.15) is 0 Å². The minimum Gasteiger partial charge on any atom is -0.351 e. The third kappa shape index (κ3) is 1.45. The van der Waals surface area contributed by atoms with Crippen LogP contribution in [0.15, 0.2) is 23.9 Å². The molecule has 1 aliphatic carbocycles. The van der Waals surface area contributed by atoms with Gasteiger partial charge in [-0.25, -0.2) is 4.79 Å². The van der Waals surface area contributed by atoms with E-state index in [9.17, 15) is 4.79 Å². The van der Waals surface area contributed by atoms with Gasteiger partial charge in [-0.1, -0.05) is 12.2 Å². The van der Waals surface area contributed by atoms with E-state index >= 15 is 0 Å². The number of primary amides is 1. The van der Waals surface area contributed by atoms with Crippen LogP contribution < -0.4 is 11.1 Å². The summed E-state index contributed by atoms with van der Waals surface area (Å²) in [6.07, 6.45) is 6.95. The van der Waals surface area contributed by atoms with Crippen molar-refractivity contribution in [3.05, 3.63) is 23.9 Å². The lowest BCUT2D eigenvalue weighted by Gasteiger charge is -2.36. The highest BCUT2D eigenvalue weighted by atomic mass is 16.2. The van der Waals surface area contributed by atoms with Crippen LogP contribution in [0.5, 0.6) is 0 Å². The Hall–Kier alpha value is -1.29. The topological polar surface area (TPSA) is 58.4 Å². The number of nitrogens with zero attached hydrogens (tertiary/aromatic N) is 1. The fraction of sp³-hybridized carbons (Fsp3) is 0.444. The highest BCUT2D eigenvalue weighted by Gasteiger charge is 2.27. The van der Waals surface area contributed by atoms with E-state index in [1.807, 2.05) is 12.2 Å². The second-order valence-corrected chi connectivity index (χ2v) is 3.25. The molecule has 70 valence electrons.